The molecule has 1 aromatic heterocycles. The highest BCUT2D eigenvalue weighted by Gasteiger charge is 2.23. The van der Waals surface area contributed by atoms with Crippen molar-refractivity contribution in [1.82, 2.24) is 9.88 Å². The lowest BCUT2D eigenvalue weighted by Gasteiger charge is -2.24. The molecule has 0 spiro atoms. The summed E-state index contributed by atoms with van der Waals surface area (Å²) in [5.41, 5.74) is 6.93. The average molecular weight is 364 g/mol. The highest BCUT2D eigenvalue weighted by Crippen LogP contribution is 2.33. The van der Waals surface area contributed by atoms with Gasteiger partial charge in [0.05, 0.1) is 24.9 Å². The van der Waals surface area contributed by atoms with Gasteiger partial charge in [-0.3, -0.25) is 0 Å². The highest BCUT2D eigenvalue weighted by molar-refractivity contribution is 5.66. The molecule has 3 aromatic rings. The van der Waals surface area contributed by atoms with Crippen LogP contribution in [0.4, 0.5) is 4.39 Å². The van der Waals surface area contributed by atoms with E-state index in [9.17, 15) is 4.39 Å². The van der Waals surface area contributed by atoms with Crippen LogP contribution in [0.5, 0.6) is 0 Å². The van der Waals surface area contributed by atoms with Gasteiger partial charge in [0, 0.05) is 17.9 Å². The Hall–Kier alpha value is -2.43. The predicted octanol–water partition coefficient (Wildman–Crippen LogP) is 4.82. The van der Waals surface area contributed by atoms with Crippen LogP contribution in [0.25, 0.3) is 16.9 Å². The fourth-order valence-electron chi connectivity index (χ4n) is 3.79. The van der Waals surface area contributed by atoms with Crippen LogP contribution in [0, 0.1) is 12.7 Å². The Labute approximate surface area is 159 Å². The molecule has 0 aliphatic carbocycles. The van der Waals surface area contributed by atoms with E-state index < -0.39 is 0 Å². The summed E-state index contributed by atoms with van der Waals surface area (Å²) in [6, 6.07) is 17.8. The maximum Gasteiger partial charge on any atom is 0.123 e. The van der Waals surface area contributed by atoms with E-state index in [2.05, 4.69) is 54.1 Å². The molecule has 0 amide bonds. The summed E-state index contributed by atoms with van der Waals surface area (Å²) in [4.78, 5) is 0. The van der Waals surface area contributed by atoms with Crippen molar-refractivity contribution in [3.05, 3.63) is 77.2 Å². The van der Waals surface area contributed by atoms with Gasteiger partial charge in [-0.25, -0.2) is 4.39 Å². The molecule has 1 fully saturated rings. The molecule has 4 rings (SSSR count). The minimum absolute atomic E-state index is 0.175. The molecule has 1 unspecified atom stereocenters. The third-order valence-corrected chi connectivity index (χ3v) is 5.33. The molecule has 1 atom stereocenters. The van der Waals surface area contributed by atoms with Crippen molar-refractivity contribution >= 4 is 0 Å². The molecule has 140 valence electrons. The summed E-state index contributed by atoms with van der Waals surface area (Å²) in [6.45, 7) is 6.56. The number of aryl methyl sites for hydroxylation is 1. The van der Waals surface area contributed by atoms with Crippen molar-refractivity contribution < 1.29 is 9.13 Å². The van der Waals surface area contributed by atoms with Crippen LogP contribution in [0.3, 0.4) is 0 Å². The molecule has 1 saturated heterocycles. The van der Waals surface area contributed by atoms with E-state index in [-0.39, 0.29) is 11.9 Å². The average Bonchev–Trinajstić information content (AvgIpc) is 3.06. The second-order valence-corrected chi connectivity index (χ2v) is 7.01. The molecule has 0 bridgehead atoms. The van der Waals surface area contributed by atoms with Crippen LogP contribution in [0.15, 0.2) is 54.6 Å². The summed E-state index contributed by atoms with van der Waals surface area (Å²) in [5, 5.41) is 3.55. The summed E-state index contributed by atoms with van der Waals surface area (Å²) in [7, 11) is 0. The lowest BCUT2D eigenvalue weighted by molar-refractivity contribution is 0.0767. The fraction of sp³-hybridized carbons (Fsp3) is 0.304. The van der Waals surface area contributed by atoms with Gasteiger partial charge in [0.25, 0.3) is 0 Å². The van der Waals surface area contributed by atoms with Crippen LogP contribution in [-0.2, 0) is 11.2 Å². The number of hydrogen-bond donors (Lipinski definition) is 1. The van der Waals surface area contributed by atoms with Gasteiger partial charge in [0.2, 0.25) is 0 Å². The Bertz CT molecular complexity index is 907. The molecule has 3 nitrogen and oxygen atoms in total. The van der Waals surface area contributed by atoms with Crippen LogP contribution < -0.4 is 5.32 Å². The number of halogens is 1. The molecule has 1 aliphatic heterocycles. The molecule has 2 heterocycles. The lowest BCUT2D eigenvalue weighted by Crippen LogP contribution is -2.34. The van der Waals surface area contributed by atoms with Crippen molar-refractivity contribution in [1.29, 1.82) is 0 Å². The normalized spacial score (nSPS) is 17.2. The monoisotopic (exact) mass is 364 g/mol. The zero-order valence-corrected chi connectivity index (χ0v) is 15.8. The number of benzene rings is 2. The van der Waals surface area contributed by atoms with Crippen molar-refractivity contribution in [2.75, 3.05) is 19.8 Å². The molecule has 4 heteroatoms. The SMILES string of the molecule is CCc1ccc(-c2cc(C3COCCN3)c(C)n2-c2ccc(F)cc2)cc1. The van der Waals surface area contributed by atoms with Crippen molar-refractivity contribution in [2.24, 2.45) is 0 Å². The van der Waals surface area contributed by atoms with Gasteiger partial charge in [-0.05, 0) is 60.4 Å². The lowest BCUT2D eigenvalue weighted by atomic mass is 10.0. The number of nitrogens with zero attached hydrogens (tertiary/aromatic N) is 1. The van der Waals surface area contributed by atoms with Crippen molar-refractivity contribution in [2.45, 2.75) is 26.3 Å². The van der Waals surface area contributed by atoms with Crippen LogP contribution in [0.1, 0.15) is 29.8 Å². The topological polar surface area (TPSA) is 26.2 Å². The minimum atomic E-state index is -0.222. The molecule has 2 aromatic carbocycles. The molecule has 0 radical (unpaired) electrons. The summed E-state index contributed by atoms with van der Waals surface area (Å²) < 4.78 is 21.4. The zero-order valence-electron chi connectivity index (χ0n) is 15.8. The number of rotatable bonds is 4. The molecular formula is C23H25FN2O. The van der Waals surface area contributed by atoms with Gasteiger partial charge in [-0.1, -0.05) is 31.2 Å². The van der Waals surface area contributed by atoms with Crippen LogP contribution in [-0.4, -0.2) is 24.3 Å². The molecule has 27 heavy (non-hydrogen) atoms. The van der Waals surface area contributed by atoms with E-state index >= 15 is 0 Å². The molecule has 1 aliphatic rings. The standard InChI is InChI=1S/C23H25FN2O/c1-3-17-4-6-18(7-5-17)23-14-21(22-15-27-13-12-25-22)16(2)26(23)20-10-8-19(24)9-11-20/h4-11,14,22,25H,3,12-13,15H2,1-2H3. The second-order valence-electron chi connectivity index (χ2n) is 7.01. The fourth-order valence-corrected chi connectivity index (χ4v) is 3.79. The largest absolute Gasteiger partial charge is 0.378 e. The van der Waals surface area contributed by atoms with E-state index in [0.717, 1.165) is 42.2 Å². The van der Waals surface area contributed by atoms with Crippen LogP contribution in [0.2, 0.25) is 0 Å². The third-order valence-electron chi connectivity index (χ3n) is 5.33. The third kappa shape index (κ3) is 3.55. The van der Waals surface area contributed by atoms with Gasteiger partial charge in [0.1, 0.15) is 5.82 Å². The summed E-state index contributed by atoms with van der Waals surface area (Å²) in [6.07, 6.45) is 1.02. The maximum atomic E-state index is 13.5. The van der Waals surface area contributed by atoms with E-state index in [1.165, 1.54) is 23.3 Å². The van der Waals surface area contributed by atoms with Gasteiger partial charge >= 0.3 is 0 Å². The smallest absolute Gasteiger partial charge is 0.123 e. The minimum Gasteiger partial charge on any atom is -0.378 e. The maximum absolute atomic E-state index is 13.5. The quantitative estimate of drug-likeness (QED) is 0.719. The van der Waals surface area contributed by atoms with Gasteiger partial charge in [-0.2, -0.15) is 0 Å². The van der Waals surface area contributed by atoms with Crippen LogP contribution >= 0.6 is 0 Å². The molecule has 1 N–H and O–H groups in total. The van der Waals surface area contributed by atoms with E-state index in [1.54, 1.807) is 0 Å². The molecule has 0 saturated carbocycles. The predicted molar refractivity (Wildman–Crippen MR) is 107 cm³/mol. The summed E-state index contributed by atoms with van der Waals surface area (Å²) >= 11 is 0. The van der Waals surface area contributed by atoms with E-state index in [0.29, 0.717) is 6.61 Å². The Morgan fingerprint density at radius 1 is 1.11 bits per heavy atom. The number of nitrogens with one attached hydrogen (secondary N) is 1. The highest BCUT2D eigenvalue weighted by atomic mass is 19.1. The van der Waals surface area contributed by atoms with Crippen molar-refractivity contribution in [3.8, 4) is 16.9 Å². The van der Waals surface area contributed by atoms with E-state index in [4.69, 9.17) is 4.74 Å². The van der Waals surface area contributed by atoms with Crippen molar-refractivity contribution in [3.63, 3.8) is 0 Å². The Morgan fingerprint density at radius 2 is 1.85 bits per heavy atom. The number of aromatic nitrogens is 1. The number of ether oxygens (including phenoxy) is 1. The zero-order chi connectivity index (χ0) is 18.8. The van der Waals surface area contributed by atoms with Gasteiger partial charge in [0.15, 0.2) is 0 Å². The first-order valence-electron chi connectivity index (χ1n) is 9.56. The first-order valence-corrected chi connectivity index (χ1v) is 9.56. The summed E-state index contributed by atoms with van der Waals surface area (Å²) in [5.74, 6) is -0.222. The van der Waals surface area contributed by atoms with Gasteiger partial charge < -0.3 is 14.6 Å². The Balaban J connectivity index is 1.85. The Morgan fingerprint density at radius 3 is 2.48 bits per heavy atom. The van der Waals surface area contributed by atoms with Gasteiger partial charge in [-0.15, -0.1) is 0 Å². The number of morpholine rings is 1. The first kappa shape index (κ1) is 18.0. The molecular weight excluding hydrogens is 339 g/mol. The van der Waals surface area contributed by atoms with E-state index in [1.807, 2.05) is 12.1 Å². The second kappa shape index (κ2) is 7.67. The first-order chi connectivity index (χ1) is 13.2. The Kier molecular flexibility index (Phi) is 5.10. The number of hydrogen-bond acceptors (Lipinski definition) is 2.